The minimum absolute atomic E-state index is 0.231. The molecule has 1 unspecified atom stereocenters. The van der Waals surface area contributed by atoms with Crippen molar-refractivity contribution in [2.75, 3.05) is 32.7 Å². The molecule has 6 nitrogen and oxygen atoms in total. The number of hydrogen-bond donors (Lipinski definition) is 1. The fraction of sp³-hybridized carbons (Fsp3) is 0.789. The summed E-state index contributed by atoms with van der Waals surface area (Å²) < 4.78 is 1.89. The Kier molecular flexibility index (Phi) is 6.48. The van der Waals surface area contributed by atoms with E-state index >= 15 is 0 Å². The number of aliphatic hydroxyl groups is 1. The summed E-state index contributed by atoms with van der Waals surface area (Å²) in [6.07, 6.45) is 11.0. The fourth-order valence-corrected chi connectivity index (χ4v) is 4.09. The summed E-state index contributed by atoms with van der Waals surface area (Å²) in [5, 5.41) is 10.6. The maximum Gasteiger partial charge on any atom is 0.236 e. The third kappa shape index (κ3) is 4.82. The minimum Gasteiger partial charge on any atom is -0.385 e. The van der Waals surface area contributed by atoms with Crippen molar-refractivity contribution in [3.8, 4) is 0 Å². The first-order chi connectivity index (χ1) is 12.1. The molecule has 0 spiro atoms. The monoisotopic (exact) mass is 348 g/mol. The zero-order valence-electron chi connectivity index (χ0n) is 15.4. The second-order valence-corrected chi connectivity index (χ2v) is 7.60. The fourth-order valence-electron chi connectivity index (χ4n) is 4.09. The van der Waals surface area contributed by atoms with Gasteiger partial charge in [0.2, 0.25) is 5.91 Å². The highest BCUT2D eigenvalue weighted by Gasteiger charge is 2.29. The summed E-state index contributed by atoms with van der Waals surface area (Å²) in [6, 6.07) is 0. The molecule has 0 radical (unpaired) electrons. The molecule has 2 aliphatic heterocycles. The van der Waals surface area contributed by atoms with Gasteiger partial charge in [0, 0.05) is 32.5 Å². The maximum absolute atomic E-state index is 12.6. The summed E-state index contributed by atoms with van der Waals surface area (Å²) in [5.74, 6) is 1.26. The lowest BCUT2D eigenvalue weighted by Crippen LogP contribution is -2.45. The molecule has 140 valence electrons. The van der Waals surface area contributed by atoms with Gasteiger partial charge in [0.25, 0.3) is 0 Å². The first-order valence-electron chi connectivity index (χ1n) is 9.80. The van der Waals surface area contributed by atoms with Crippen LogP contribution in [0.25, 0.3) is 0 Å². The van der Waals surface area contributed by atoms with Crippen molar-refractivity contribution >= 4 is 5.91 Å². The summed E-state index contributed by atoms with van der Waals surface area (Å²) in [6.45, 7) is 4.14. The predicted octanol–water partition coefficient (Wildman–Crippen LogP) is 1.96. The van der Waals surface area contributed by atoms with Crippen molar-refractivity contribution in [3.63, 3.8) is 0 Å². The van der Waals surface area contributed by atoms with Crippen LogP contribution >= 0.6 is 0 Å². The Labute approximate surface area is 150 Å². The number of rotatable bonds is 4. The molecular weight excluding hydrogens is 316 g/mol. The Morgan fingerprint density at radius 1 is 1.16 bits per heavy atom. The van der Waals surface area contributed by atoms with Crippen LogP contribution in [0, 0.1) is 5.92 Å². The maximum atomic E-state index is 12.6. The first-order valence-corrected chi connectivity index (χ1v) is 9.80. The van der Waals surface area contributed by atoms with Crippen molar-refractivity contribution < 1.29 is 9.90 Å². The average molecular weight is 348 g/mol. The van der Waals surface area contributed by atoms with E-state index in [9.17, 15) is 9.90 Å². The van der Waals surface area contributed by atoms with E-state index < -0.39 is 6.10 Å². The van der Waals surface area contributed by atoms with E-state index in [1.54, 1.807) is 6.20 Å². The highest BCUT2D eigenvalue weighted by molar-refractivity contribution is 5.78. The molecule has 1 amide bonds. The molecule has 0 bridgehead atoms. The second-order valence-electron chi connectivity index (χ2n) is 7.60. The zero-order valence-corrected chi connectivity index (χ0v) is 15.4. The average Bonchev–Trinajstić information content (AvgIpc) is 3.00. The quantitative estimate of drug-likeness (QED) is 0.903. The molecule has 3 rings (SSSR count). The van der Waals surface area contributed by atoms with Gasteiger partial charge in [-0.1, -0.05) is 19.3 Å². The highest BCUT2D eigenvalue weighted by atomic mass is 16.3. The summed E-state index contributed by atoms with van der Waals surface area (Å²) in [4.78, 5) is 21.2. The number of aromatic nitrogens is 2. The van der Waals surface area contributed by atoms with Gasteiger partial charge in [0.15, 0.2) is 0 Å². The topological polar surface area (TPSA) is 61.6 Å². The van der Waals surface area contributed by atoms with Gasteiger partial charge in [-0.15, -0.1) is 0 Å². The van der Waals surface area contributed by atoms with Crippen LogP contribution in [0.2, 0.25) is 0 Å². The van der Waals surface area contributed by atoms with E-state index in [1.165, 1.54) is 19.3 Å². The van der Waals surface area contributed by atoms with Gasteiger partial charge in [0.05, 0.1) is 6.54 Å². The standard InChI is InChI=1S/C19H32N4O2/c1-21-14-9-20-19(21)18(25)16-7-12-22(13-8-16)15-17(24)23-10-5-3-2-4-6-11-23/h9,14,16,18,25H,2-8,10-13,15H2,1H3. The normalized spacial score (nSPS) is 22.4. The molecule has 25 heavy (non-hydrogen) atoms. The van der Waals surface area contributed by atoms with Crippen LogP contribution in [0.4, 0.5) is 0 Å². The van der Waals surface area contributed by atoms with E-state index in [-0.39, 0.29) is 11.8 Å². The molecule has 2 saturated heterocycles. The lowest BCUT2D eigenvalue weighted by Gasteiger charge is -2.35. The molecule has 3 heterocycles. The van der Waals surface area contributed by atoms with Crippen LogP contribution in [0.5, 0.6) is 0 Å². The zero-order chi connectivity index (χ0) is 17.6. The van der Waals surface area contributed by atoms with Gasteiger partial charge >= 0.3 is 0 Å². The Bertz CT molecular complexity index is 543. The number of imidazole rings is 1. The Morgan fingerprint density at radius 2 is 1.80 bits per heavy atom. The number of likely N-dealkylation sites (tertiary alicyclic amines) is 2. The predicted molar refractivity (Wildman–Crippen MR) is 97.0 cm³/mol. The lowest BCUT2D eigenvalue weighted by atomic mass is 9.90. The van der Waals surface area contributed by atoms with E-state index in [2.05, 4.69) is 14.8 Å². The molecule has 2 fully saturated rings. The van der Waals surface area contributed by atoms with Crippen molar-refractivity contribution in [1.29, 1.82) is 0 Å². The molecular formula is C19H32N4O2. The number of carbonyl (C=O) groups is 1. The molecule has 1 aromatic heterocycles. The lowest BCUT2D eigenvalue weighted by molar-refractivity contribution is -0.133. The van der Waals surface area contributed by atoms with Crippen LogP contribution in [0.3, 0.4) is 0 Å². The SMILES string of the molecule is Cn1ccnc1C(O)C1CCN(CC(=O)N2CCCCCCC2)CC1. The Hall–Kier alpha value is -1.40. The molecule has 2 aliphatic rings. The van der Waals surface area contributed by atoms with Crippen molar-refractivity contribution in [1.82, 2.24) is 19.4 Å². The molecule has 1 N–H and O–H groups in total. The third-order valence-corrected chi connectivity index (χ3v) is 5.77. The van der Waals surface area contributed by atoms with Crippen molar-refractivity contribution in [2.45, 2.75) is 51.0 Å². The van der Waals surface area contributed by atoms with E-state index in [0.717, 1.165) is 57.7 Å². The number of nitrogens with zero attached hydrogens (tertiary/aromatic N) is 4. The molecule has 6 heteroatoms. The summed E-state index contributed by atoms with van der Waals surface area (Å²) in [5.41, 5.74) is 0. The second kappa shape index (κ2) is 8.81. The number of hydrogen-bond acceptors (Lipinski definition) is 4. The summed E-state index contributed by atoms with van der Waals surface area (Å²) in [7, 11) is 1.92. The van der Waals surface area contributed by atoms with Crippen molar-refractivity contribution in [3.05, 3.63) is 18.2 Å². The molecule has 0 aliphatic carbocycles. The van der Waals surface area contributed by atoms with E-state index in [4.69, 9.17) is 0 Å². The molecule has 1 atom stereocenters. The molecule has 0 aromatic carbocycles. The first kappa shape index (κ1) is 18.4. The van der Waals surface area contributed by atoms with E-state index in [0.29, 0.717) is 6.54 Å². The Morgan fingerprint density at radius 3 is 2.40 bits per heavy atom. The van der Waals surface area contributed by atoms with Crippen LogP contribution in [0.1, 0.15) is 56.9 Å². The van der Waals surface area contributed by atoms with Crippen LogP contribution in [-0.2, 0) is 11.8 Å². The van der Waals surface area contributed by atoms with E-state index in [1.807, 2.05) is 17.8 Å². The minimum atomic E-state index is -0.507. The molecule has 1 aromatic rings. The Balaban J connectivity index is 1.45. The van der Waals surface area contributed by atoms with Gasteiger partial charge in [-0.3, -0.25) is 9.69 Å². The van der Waals surface area contributed by atoms with Gasteiger partial charge in [-0.25, -0.2) is 4.98 Å². The highest BCUT2D eigenvalue weighted by Crippen LogP contribution is 2.29. The van der Waals surface area contributed by atoms with Crippen LogP contribution < -0.4 is 0 Å². The number of carbonyl (C=O) groups excluding carboxylic acids is 1. The third-order valence-electron chi connectivity index (χ3n) is 5.77. The number of aryl methyl sites for hydroxylation is 1. The van der Waals surface area contributed by atoms with Crippen molar-refractivity contribution in [2.24, 2.45) is 13.0 Å². The van der Waals surface area contributed by atoms with Gasteiger partial charge in [-0.2, -0.15) is 0 Å². The number of amides is 1. The van der Waals surface area contributed by atoms with Crippen LogP contribution in [0.15, 0.2) is 12.4 Å². The molecule has 0 saturated carbocycles. The van der Waals surface area contributed by atoms with Crippen LogP contribution in [-0.4, -0.2) is 63.1 Å². The smallest absolute Gasteiger partial charge is 0.236 e. The summed E-state index contributed by atoms with van der Waals surface area (Å²) >= 11 is 0. The number of aliphatic hydroxyl groups excluding tert-OH is 1. The van der Waals surface area contributed by atoms with Gasteiger partial charge in [0.1, 0.15) is 11.9 Å². The number of piperidine rings is 1. The van der Waals surface area contributed by atoms with Gasteiger partial charge in [-0.05, 0) is 44.7 Å². The van der Waals surface area contributed by atoms with Gasteiger partial charge < -0.3 is 14.6 Å². The largest absolute Gasteiger partial charge is 0.385 e.